The van der Waals surface area contributed by atoms with Crippen LogP contribution in [0, 0.1) is 0 Å². The Balaban J connectivity index is 1.58. The predicted molar refractivity (Wildman–Crippen MR) is 97.3 cm³/mol. The minimum absolute atomic E-state index is 0.0207. The first-order chi connectivity index (χ1) is 12.0. The highest BCUT2D eigenvalue weighted by molar-refractivity contribution is 7.99. The van der Waals surface area contributed by atoms with E-state index in [1.807, 2.05) is 6.07 Å². The zero-order valence-corrected chi connectivity index (χ0v) is 14.9. The van der Waals surface area contributed by atoms with Crippen molar-refractivity contribution in [1.82, 2.24) is 19.9 Å². The number of pyridine rings is 1. The fraction of sp³-hybridized carbons (Fsp3) is 0.0667. The van der Waals surface area contributed by atoms with Gasteiger partial charge in [0.2, 0.25) is 5.91 Å². The van der Waals surface area contributed by atoms with E-state index in [1.165, 1.54) is 0 Å². The molecule has 0 atom stereocenters. The monoisotopic (exact) mass is 395 g/mol. The number of nitrogens with one attached hydrogen (secondary N) is 2. The van der Waals surface area contributed by atoms with Gasteiger partial charge in [-0.3, -0.25) is 14.5 Å². The average molecular weight is 396 g/mol. The zero-order chi connectivity index (χ0) is 17.8. The molecule has 3 aromatic rings. The molecule has 2 N–H and O–H groups in total. The van der Waals surface area contributed by atoms with Gasteiger partial charge in [0.1, 0.15) is 0 Å². The third kappa shape index (κ3) is 4.41. The maximum Gasteiger partial charge on any atom is 0.325 e. The molecule has 0 aliphatic carbocycles. The van der Waals surface area contributed by atoms with Gasteiger partial charge in [-0.25, -0.2) is 4.79 Å². The Morgan fingerprint density at radius 2 is 1.92 bits per heavy atom. The van der Waals surface area contributed by atoms with Gasteiger partial charge in [-0.1, -0.05) is 53.2 Å². The van der Waals surface area contributed by atoms with Crippen LogP contribution >= 0.6 is 35.0 Å². The maximum atomic E-state index is 11.9. The summed E-state index contributed by atoms with van der Waals surface area (Å²) in [6.07, 6.45) is 1.60. The third-order valence-electron chi connectivity index (χ3n) is 3.01. The minimum atomic E-state index is -0.603. The number of urea groups is 1. The second kappa shape index (κ2) is 7.73. The van der Waals surface area contributed by atoms with Crippen molar-refractivity contribution in [3.8, 4) is 0 Å². The van der Waals surface area contributed by atoms with Crippen LogP contribution in [0.15, 0.2) is 47.8 Å². The number of carbonyl (C=O) groups is 2. The second-order valence-electron chi connectivity index (χ2n) is 4.84. The van der Waals surface area contributed by atoms with Gasteiger partial charge in [0.15, 0.2) is 10.8 Å². The Morgan fingerprint density at radius 1 is 1.16 bits per heavy atom. The number of amides is 3. The summed E-state index contributed by atoms with van der Waals surface area (Å²) in [6.45, 7) is 0. The number of halogens is 2. The Hall–Kier alpha value is -2.29. The van der Waals surface area contributed by atoms with Crippen LogP contribution in [-0.4, -0.2) is 32.3 Å². The van der Waals surface area contributed by atoms with Crippen LogP contribution in [0.5, 0.6) is 0 Å². The first kappa shape index (κ1) is 17.5. The third-order valence-corrected chi connectivity index (χ3v) is 4.44. The lowest BCUT2D eigenvalue weighted by molar-refractivity contribution is -0.117. The fourth-order valence-electron chi connectivity index (χ4n) is 1.98. The van der Waals surface area contributed by atoms with Crippen LogP contribution in [0.3, 0.4) is 0 Å². The molecule has 3 rings (SSSR count). The number of hydrogen-bond donors (Lipinski definition) is 2. The van der Waals surface area contributed by atoms with E-state index in [9.17, 15) is 9.59 Å². The molecule has 0 saturated heterocycles. The van der Waals surface area contributed by atoms with Crippen LogP contribution < -0.4 is 10.6 Å². The average Bonchev–Trinajstić information content (AvgIpc) is 2.97. The highest BCUT2D eigenvalue weighted by Gasteiger charge is 2.13. The highest BCUT2D eigenvalue weighted by Crippen LogP contribution is 2.25. The van der Waals surface area contributed by atoms with E-state index in [0.717, 1.165) is 11.8 Å². The largest absolute Gasteiger partial charge is 0.325 e. The van der Waals surface area contributed by atoms with Crippen molar-refractivity contribution in [2.24, 2.45) is 0 Å². The van der Waals surface area contributed by atoms with Crippen LogP contribution in [0.25, 0.3) is 5.65 Å². The molecular weight excluding hydrogens is 385 g/mol. The van der Waals surface area contributed by atoms with Crippen molar-refractivity contribution in [2.45, 2.75) is 5.16 Å². The molecule has 128 valence electrons. The smallest absolute Gasteiger partial charge is 0.308 e. The van der Waals surface area contributed by atoms with Crippen molar-refractivity contribution < 1.29 is 9.59 Å². The molecule has 25 heavy (non-hydrogen) atoms. The molecule has 0 radical (unpaired) electrons. The van der Waals surface area contributed by atoms with Crippen molar-refractivity contribution in [3.63, 3.8) is 0 Å². The molecule has 0 saturated carbocycles. The number of thioether (sulfide) groups is 1. The Morgan fingerprint density at radius 3 is 2.68 bits per heavy atom. The Kier molecular flexibility index (Phi) is 5.42. The molecule has 2 heterocycles. The van der Waals surface area contributed by atoms with Crippen LogP contribution in [0.4, 0.5) is 10.5 Å². The van der Waals surface area contributed by atoms with E-state index in [-0.39, 0.29) is 5.75 Å². The first-order valence-corrected chi connectivity index (χ1v) is 8.75. The van der Waals surface area contributed by atoms with Gasteiger partial charge in [0.05, 0.1) is 15.8 Å². The molecule has 0 bridgehead atoms. The lowest BCUT2D eigenvalue weighted by Crippen LogP contribution is -2.35. The van der Waals surface area contributed by atoms with E-state index in [4.69, 9.17) is 23.2 Å². The van der Waals surface area contributed by atoms with Crippen molar-refractivity contribution in [3.05, 3.63) is 52.6 Å². The fourth-order valence-corrected chi connectivity index (χ4v) is 3.20. The molecule has 0 fully saturated rings. The SMILES string of the molecule is O=C(CSc1nnc2c(Cl)cc(Cl)cn12)NC(=O)Nc1ccccc1. The summed E-state index contributed by atoms with van der Waals surface area (Å²) < 4.78 is 1.59. The number of carbonyl (C=O) groups excluding carboxylic acids is 2. The Labute approximate surface area is 156 Å². The first-order valence-electron chi connectivity index (χ1n) is 7.01. The minimum Gasteiger partial charge on any atom is -0.308 e. The van der Waals surface area contributed by atoms with Crippen LogP contribution in [-0.2, 0) is 4.79 Å². The summed E-state index contributed by atoms with van der Waals surface area (Å²) in [5.74, 6) is -0.490. The molecule has 10 heteroatoms. The zero-order valence-electron chi connectivity index (χ0n) is 12.6. The topological polar surface area (TPSA) is 88.4 Å². The van der Waals surface area contributed by atoms with Gasteiger partial charge in [-0.05, 0) is 18.2 Å². The number of benzene rings is 1. The van der Waals surface area contributed by atoms with Gasteiger partial charge in [0, 0.05) is 11.9 Å². The number of hydrogen-bond acceptors (Lipinski definition) is 5. The summed E-state index contributed by atoms with van der Waals surface area (Å²) in [5.41, 5.74) is 1.03. The molecule has 3 amide bonds. The molecular formula is C15H11Cl2N5O2S. The number of aromatic nitrogens is 3. The number of anilines is 1. The molecule has 7 nitrogen and oxygen atoms in total. The number of fused-ring (bicyclic) bond motifs is 1. The van der Waals surface area contributed by atoms with Gasteiger partial charge in [-0.2, -0.15) is 0 Å². The molecule has 0 unspecified atom stereocenters. The van der Waals surface area contributed by atoms with E-state index in [0.29, 0.717) is 26.5 Å². The quantitative estimate of drug-likeness (QED) is 0.660. The Bertz CT molecular complexity index is 932. The maximum absolute atomic E-state index is 11.9. The van der Waals surface area contributed by atoms with Crippen LogP contribution in [0.2, 0.25) is 10.0 Å². The summed E-state index contributed by atoms with van der Waals surface area (Å²) >= 11 is 13.1. The van der Waals surface area contributed by atoms with Crippen molar-refractivity contribution >= 4 is 58.2 Å². The van der Waals surface area contributed by atoms with E-state index in [2.05, 4.69) is 20.8 Å². The van der Waals surface area contributed by atoms with E-state index < -0.39 is 11.9 Å². The van der Waals surface area contributed by atoms with Crippen molar-refractivity contribution in [2.75, 3.05) is 11.1 Å². The summed E-state index contributed by atoms with van der Waals surface area (Å²) in [6, 6.07) is 9.77. The standard InChI is InChI=1S/C15H11Cl2N5O2S/c16-9-6-11(17)13-20-21-15(22(13)7-9)25-8-12(23)19-14(24)18-10-4-2-1-3-5-10/h1-7H,8H2,(H2,18,19,23,24). The summed E-state index contributed by atoms with van der Waals surface area (Å²) in [7, 11) is 0. The summed E-state index contributed by atoms with van der Waals surface area (Å²) in [5, 5.41) is 13.9. The van der Waals surface area contributed by atoms with Gasteiger partial charge in [-0.15, -0.1) is 10.2 Å². The highest BCUT2D eigenvalue weighted by atomic mass is 35.5. The molecule has 2 aromatic heterocycles. The van der Waals surface area contributed by atoms with Gasteiger partial charge in [0.25, 0.3) is 0 Å². The number of rotatable bonds is 4. The number of para-hydroxylation sites is 1. The van der Waals surface area contributed by atoms with Gasteiger partial charge < -0.3 is 5.32 Å². The van der Waals surface area contributed by atoms with Gasteiger partial charge >= 0.3 is 6.03 Å². The van der Waals surface area contributed by atoms with E-state index in [1.54, 1.807) is 40.9 Å². The second-order valence-corrected chi connectivity index (χ2v) is 6.63. The molecule has 1 aromatic carbocycles. The normalized spacial score (nSPS) is 10.6. The lowest BCUT2D eigenvalue weighted by atomic mass is 10.3. The molecule has 0 aliphatic rings. The molecule has 0 aliphatic heterocycles. The van der Waals surface area contributed by atoms with Crippen LogP contribution in [0.1, 0.15) is 0 Å². The summed E-state index contributed by atoms with van der Waals surface area (Å²) in [4.78, 5) is 23.7. The number of nitrogens with zero attached hydrogens (tertiary/aromatic N) is 3. The predicted octanol–water partition coefficient (Wildman–Crippen LogP) is 3.48. The molecule has 0 spiro atoms. The lowest BCUT2D eigenvalue weighted by Gasteiger charge is -2.06. The number of imide groups is 1. The van der Waals surface area contributed by atoms with E-state index >= 15 is 0 Å². The van der Waals surface area contributed by atoms with Crippen molar-refractivity contribution in [1.29, 1.82) is 0 Å².